The second-order valence-corrected chi connectivity index (χ2v) is 7.67. The molecule has 0 saturated heterocycles. The Bertz CT molecular complexity index is 986. The van der Waals surface area contributed by atoms with Crippen LogP contribution < -0.4 is 4.74 Å². The number of hydrogen-bond donors (Lipinski definition) is 0. The molecule has 0 amide bonds. The zero-order chi connectivity index (χ0) is 17.7. The normalized spacial score (nSPS) is 21.0. The van der Waals surface area contributed by atoms with E-state index in [0.717, 1.165) is 39.2 Å². The minimum Gasteiger partial charge on any atom is -0.463 e. The quantitative estimate of drug-likeness (QED) is 0.506. The van der Waals surface area contributed by atoms with Crippen LogP contribution in [0.5, 0.6) is 5.75 Å². The molecule has 0 spiro atoms. The van der Waals surface area contributed by atoms with Gasteiger partial charge in [0.05, 0.1) is 18.0 Å². The summed E-state index contributed by atoms with van der Waals surface area (Å²) in [5.74, 6) is 1.56. The number of rotatable bonds is 2. The standard InChI is InChI=1S/C20H14BrClN2O2/c21-13-5-3-12(4-6-13)16-11-17-15-10-14(22)7-8-18(15)26-20(24(17)23-16)19-2-1-9-25-19/h1-10,17,20H,11H2. The van der Waals surface area contributed by atoms with E-state index in [2.05, 4.69) is 28.1 Å². The molecule has 2 unspecified atom stereocenters. The van der Waals surface area contributed by atoms with Crippen molar-refractivity contribution in [3.8, 4) is 5.75 Å². The third kappa shape index (κ3) is 2.63. The van der Waals surface area contributed by atoms with Crippen molar-refractivity contribution in [1.82, 2.24) is 5.01 Å². The molecule has 130 valence electrons. The summed E-state index contributed by atoms with van der Waals surface area (Å²) in [5, 5.41) is 7.56. The van der Waals surface area contributed by atoms with E-state index >= 15 is 0 Å². The fourth-order valence-electron chi connectivity index (χ4n) is 3.49. The molecule has 5 rings (SSSR count). The lowest BCUT2D eigenvalue weighted by Gasteiger charge is -2.36. The van der Waals surface area contributed by atoms with Gasteiger partial charge in [-0.2, -0.15) is 5.10 Å². The van der Waals surface area contributed by atoms with E-state index in [4.69, 9.17) is 25.9 Å². The summed E-state index contributed by atoms with van der Waals surface area (Å²) < 4.78 is 12.9. The molecule has 6 heteroatoms. The van der Waals surface area contributed by atoms with Crippen LogP contribution in [0.25, 0.3) is 0 Å². The first-order valence-electron chi connectivity index (χ1n) is 8.30. The third-order valence-corrected chi connectivity index (χ3v) is 5.48. The highest BCUT2D eigenvalue weighted by Crippen LogP contribution is 2.48. The van der Waals surface area contributed by atoms with Crippen molar-refractivity contribution < 1.29 is 9.15 Å². The number of furan rings is 1. The Morgan fingerprint density at radius 1 is 1.12 bits per heavy atom. The largest absolute Gasteiger partial charge is 0.463 e. The number of halogens is 2. The Balaban J connectivity index is 1.60. The fraction of sp³-hybridized carbons (Fsp3) is 0.150. The number of hydrogen-bond acceptors (Lipinski definition) is 4. The van der Waals surface area contributed by atoms with E-state index in [9.17, 15) is 0 Å². The highest BCUT2D eigenvalue weighted by molar-refractivity contribution is 9.10. The van der Waals surface area contributed by atoms with Crippen molar-refractivity contribution in [2.45, 2.75) is 18.7 Å². The van der Waals surface area contributed by atoms with Gasteiger partial charge in [0.15, 0.2) is 5.76 Å². The predicted molar refractivity (Wildman–Crippen MR) is 103 cm³/mol. The van der Waals surface area contributed by atoms with Crippen LogP contribution in [-0.4, -0.2) is 10.7 Å². The van der Waals surface area contributed by atoms with E-state index in [-0.39, 0.29) is 6.04 Å². The van der Waals surface area contributed by atoms with E-state index in [1.807, 2.05) is 47.5 Å². The van der Waals surface area contributed by atoms with Crippen molar-refractivity contribution in [3.05, 3.63) is 87.2 Å². The second-order valence-electron chi connectivity index (χ2n) is 6.32. The number of benzene rings is 2. The fourth-order valence-corrected chi connectivity index (χ4v) is 3.94. The average Bonchev–Trinajstić information content (AvgIpc) is 3.32. The maximum absolute atomic E-state index is 6.24. The van der Waals surface area contributed by atoms with Crippen LogP contribution in [0, 0.1) is 0 Å². The summed E-state index contributed by atoms with van der Waals surface area (Å²) in [4.78, 5) is 0. The predicted octanol–water partition coefficient (Wildman–Crippen LogP) is 5.94. The molecular weight excluding hydrogens is 416 g/mol. The van der Waals surface area contributed by atoms with Crippen molar-refractivity contribution in [2.24, 2.45) is 5.10 Å². The smallest absolute Gasteiger partial charge is 0.246 e. The zero-order valence-corrected chi connectivity index (χ0v) is 15.9. The summed E-state index contributed by atoms with van der Waals surface area (Å²) in [6.45, 7) is 0. The SMILES string of the molecule is Clc1ccc2c(c1)C1CC(c3ccc(Br)cc3)=NN1C(c1ccco1)O2. The molecule has 1 aromatic heterocycles. The minimum absolute atomic E-state index is 0.0613. The number of hydrazone groups is 1. The molecule has 4 nitrogen and oxygen atoms in total. The lowest BCUT2D eigenvalue weighted by molar-refractivity contribution is -0.0325. The molecular formula is C20H14BrClN2O2. The van der Waals surface area contributed by atoms with Crippen LogP contribution >= 0.6 is 27.5 Å². The average molecular weight is 430 g/mol. The lowest BCUT2D eigenvalue weighted by atomic mass is 9.96. The summed E-state index contributed by atoms with van der Waals surface area (Å²) in [6.07, 6.45) is 2.05. The van der Waals surface area contributed by atoms with Gasteiger partial charge in [-0.3, -0.25) is 0 Å². The zero-order valence-electron chi connectivity index (χ0n) is 13.6. The molecule has 0 saturated carbocycles. The molecule has 26 heavy (non-hydrogen) atoms. The monoisotopic (exact) mass is 428 g/mol. The van der Waals surface area contributed by atoms with Crippen LogP contribution in [0.2, 0.25) is 5.02 Å². The van der Waals surface area contributed by atoms with Gasteiger partial charge in [0, 0.05) is 21.5 Å². The number of nitrogens with zero attached hydrogens (tertiary/aromatic N) is 2. The molecule has 3 aromatic rings. The molecule has 0 bridgehead atoms. The van der Waals surface area contributed by atoms with Crippen LogP contribution in [0.15, 0.2) is 74.9 Å². The Kier molecular flexibility index (Phi) is 3.80. The van der Waals surface area contributed by atoms with Crippen LogP contribution in [0.3, 0.4) is 0 Å². The van der Waals surface area contributed by atoms with E-state index in [1.165, 1.54) is 0 Å². The Morgan fingerprint density at radius 3 is 2.73 bits per heavy atom. The first kappa shape index (κ1) is 16.0. The van der Waals surface area contributed by atoms with Gasteiger partial charge < -0.3 is 9.15 Å². The Labute approximate surface area is 164 Å². The van der Waals surface area contributed by atoms with Crippen molar-refractivity contribution in [1.29, 1.82) is 0 Å². The molecule has 2 aliphatic rings. The molecule has 0 N–H and O–H groups in total. The van der Waals surface area contributed by atoms with Gasteiger partial charge in [-0.15, -0.1) is 0 Å². The van der Waals surface area contributed by atoms with Crippen molar-refractivity contribution in [2.75, 3.05) is 0 Å². The molecule has 3 heterocycles. The molecule has 2 aliphatic heterocycles. The first-order chi connectivity index (χ1) is 12.7. The van der Waals surface area contributed by atoms with Gasteiger partial charge >= 0.3 is 0 Å². The molecule has 2 atom stereocenters. The van der Waals surface area contributed by atoms with Gasteiger partial charge in [0.1, 0.15) is 5.75 Å². The Hall–Kier alpha value is -2.24. The minimum atomic E-state index is -0.392. The summed E-state index contributed by atoms with van der Waals surface area (Å²) in [5.41, 5.74) is 3.18. The van der Waals surface area contributed by atoms with Gasteiger partial charge in [0.2, 0.25) is 6.23 Å². The van der Waals surface area contributed by atoms with E-state index in [1.54, 1.807) is 6.26 Å². The molecule has 0 radical (unpaired) electrons. The van der Waals surface area contributed by atoms with Gasteiger partial charge in [-0.05, 0) is 48.0 Å². The third-order valence-electron chi connectivity index (χ3n) is 4.72. The second kappa shape index (κ2) is 6.18. The van der Waals surface area contributed by atoms with Gasteiger partial charge in [0.25, 0.3) is 0 Å². The maximum Gasteiger partial charge on any atom is 0.246 e. The molecule has 2 aromatic carbocycles. The van der Waals surface area contributed by atoms with Crippen LogP contribution in [-0.2, 0) is 0 Å². The van der Waals surface area contributed by atoms with Gasteiger partial charge in [-0.1, -0.05) is 39.7 Å². The number of ether oxygens (including phenoxy) is 1. The number of fused-ring (bicyclic) bond motifs is 3. The van der Waals surface area contributed by atoms with E-state index < -0.39 is 6.23 Å². The van der Waals surface area contributed by atoms with Crippen molar-refractivity contribution in [3.63, 3.8) is 0 Å². The highest BCUT2D eigenvalue weighted by Gasteiger charge is 2.42. The summed E-state index contributed by atoms with van der Waals surface area (Å²) in [7, 11) is 0. The topological polar surface area (TPSA) is 38.0 Å². The summed E-state index contributed by atoms with van der Waals surface area (Å²) in [6, 6.07) is 17.8. The maximum atomic E-state index is 6.24. The molecule has 0 fully saturated rings. The van der Waals surface area contributed by atoms with E-state index in [0.29, 0.717) is 5.02 Å². The Morgan fingerprint density at radius 2 is 1.96 bits per heavy atom. The van der Waals surface area contributed by atoms with Gasteiger partial charge in [-0.25, -0.2) is 5.01 Å². The van der Waals surface area contributed by atoms with Crippen molar-refractivity contribution >= 4 is 33.2 Å². The molecule has 0 aliphatic carbocycles. The van der Waals surface area contributed by atoms with Crippen LogP contribution in [0.1, 0.15) is 35.6 Å². The first-order valence-corrected chi connectivity index (χ1v) is 9.47. The highest BCUT2D eigenvalue weighted by atomic mass is 79.9. The summed E-state index contributed by atoms with van der Waals surface area (Å²) >= 11 is 9.72. The van der Waals surface area contributed by atoms with Crippen LogP contribution in [0.4, 0.5) is 0 Å². The lowest BCUT2D eigenvalue weighted by Crippen LogP contribution is -2.33.